The van der Waals surface area contributed by atoms with Gasteiger partial charge in [0.05, 0.1) is 12.4 Å². The van der Waals surface area contributed by atoms with Crippen molar-refractivity contribution in [3.63, 3.8) is 0 Å². The van der Waals surface area contributed by atoms with Crippen LogP contribution >= 0.6 is 0 Å². The molecular formula is C15H24N4O. The van der Waals surface area contributed by atoms with Crippen LogP contribution in [0, 0.1) is 5.92 Å². The summed E-state index contributed by atoms with van der Waals surface area (Å²) in [7, 11) is 0. The van der Waals surface area contributed by atoms with Gasteiger partial charge in [-0.1, -0.05) is 13.8 Å². The lowest BCUT2D eigenvalue weighted by Crippen LogP contribution is -2.34. The van der Waals surface area contributed by atoms with E-state index in [1.165, 1.54) is 12.8 Å². The van der Waals surface area contributed by atoms with Gasteiger partial charge >= 0.3 is 0 Å². The van der Waals surface area contributed by atoms with Crippen LogP contribution in [0.1, 0.15) is 50.5 Å². The Hall–Kier alpha value is -1.65. The lowest BCUT2D eigenvalue weighted by molar-refractivity contribution is 0.0934. The molecule has 0 aliphatic carbocycles. The first-order valence-electron chi connectivity index (χ1n) is 7.48. The minimum atomic E-state index is -0.148. The summed E-state index contributed by atoms with van der Waals surface area (Å²) in [6, 6.07) is 0.160. The Morgan fingerprint density at radius 3 is 2.65 bits per heavy atom. The summed E-state index contributed by atoms with van der Waals surface area (Å²) in [5, 5.41) is 2.90. The first-order valence-corrected chi connectivity index (χ1v) is 7.48. The van der Waals surface area contributed by atoms with Gasteiger partial charge < -0.3 is 10.2 Å². The molecule has 0 spiro atoms. The van der Waals surface area contributed by atoms with Gasteiger partial charge in [0.2, 0.25) is 0 Å². The minimum Gasteiger partial charge on any atom is -0.355 e. The summed E-state index contributed by atoms with van der Waals surface area (Å²) in [5.41, 5.74) is 0.388. The molecule has 2 heterocycles. The van der Waals surface area contributed by atoms with Gasteiger partial charge in [-0.3, -0.25) is 4.79 Å². The van der Waals surface area contributed by atoms with Gasteiger partial charge in [-0.25, -0.2) is 9.97 Å². The monoisotopic (exact) mass is 276 g/mol. The highest BCUT2D eigenvalue weighted by Gasteiger charge is 2.18. The van der Waals surface area contributed by atoms with Crippen LogP contribution in [0.25, 0.3) is 0 Å². The number of nitrogens with zero attached hydrogens (tertiary/aromatic N) is 3. The number of piperidine rings is 1. The highest BCUT2D eigenvalue weighted by atomic mass is 16.1. The van der Waals surface area contributed by atoms with Crippen molar-refractivity contribution in [3.8, 4) is 0 Å². The number of rotatable bonds is 4. The van der Waals surface area contributed by atoms with Gasteiger partial charge in [0.25, 0.3) is 5.91 Å². The van der Waals surface area contributed by atoms with Crippen molar-refractivity contribution < 1.29 is 4.79 Å². The zero-order valence-corrected chi connectivity index (χ0v) is 12.6. The van der Waals surface area contributed by atoms with Crippen molar-refractivity contribution in [2.45, 2.75) is 46.1 Å². The fourth-order valence-corrected chi connectivity index (χ4v) is 2.24. The van der Waals surface area contributed by atoms with Crippen LogP contribution in [0.3, 0.4) is 0 Å². The summed E-state index contributed by atoms with van der Waals surface area (Å²) in [5.74, 6) is 1.52. The smallest absolute Gasteiger partial charge is 0.271 e. The third-order valence-corrected chi connectivity index (χ3v) is 3.97. The normalized spacial score (nSPS) is 17.9. The lowest BCUT2D eigenvalue weighted by atomic mass is 9.99. The summed E-state index contributed by atoms with van der Waals surface area (Å²) in [6.45, 7) is 8.35. The molecule has 1 aromatic heterocycles. The molecule has 1 N–H and O–H groups in total. The molecule has 1 aliphatic heterocycles. The van der Waals surface area contributed by atoms with E-state index in [1.807, 2.05) is 13.8 Å². The van der Waals surface area contributed by atoms with Gasteiger partial charge in [0.1, 0.15) is 11.5 Å². The molecule has 1 aromatic rings. The predicted molar refractivity (Wildman–Crippen MR) is 79.9 cm³/mol. The van der Waals surface area contributed by atoms with Gasteiger partial charge in [-0.15, -0.1) is 0 Å². The predicted octanol–water partition coefficient (Wildman–Crippen LogP) is 2.24. The van der Waals surface area contributed by atoms with Crippen LogP contribution in [-0.2, 0) is 0 Å². The second-order valence-corrected chi connectivity index (χ2v) is 5.71. The van der Waals surface area contributed by atoms with Crippen molar-refractivity contribution in [2.24, 2.45) is 5.92 Å². The maximum atomic E-state index is 11.9. The fraction of sp³-hybridized carbons (Fsp3) is 0.667. The zero-order chi connectivity index (χ0) is 14.5. The number of amides is 1. The summed E-state index contributed by atoms with van der Waals surface area (Å²) < 4.78 is 0. The van der Waals surface area contributed by atoms with Crippen LogP contribution in [0.15, 0.2) is 12.4 Å². The summed E-state index contributed by atoms with van der Waals surface area (Å²) in [6.07, 6.45) is 6.58. The Balaban J connectivity index is 1.97. The third kappa shape index (κ3) is 3.68. The maximum Gasteiger partial charge on any atom is 0.271 e. The Morgan fingerprint density at radius 2 is 2.10 bits per heavy atom. The van der Waals surface area contributed by atoms with Gasteiger partial charge in [0, 0.05) is 19.1 Å². The van der Waals surface area contributed by atoms with E-state index in [-0.39, 0.29) is 11.9 Å². The average molecular weight is 276 g/mol. The lowest BCUT2D eigenvalue weighted by Gasteiger charge is -2.30. The van der Waals surface area contributed by atoms with Crippen molar-refractivity contribution in [1.82, 2.24) is 15.3 Å². The molecule has 110 valence electrons. The number of anilines is 1. The zero-order valence-electron chi connectivity index (χ0n) is 12.6. The van der Waals surface area contributed by atoms with E-state index in [4.69, 9.17) is 0 Å². The van der Waals surface area contributed by atoms with Gasteiger partial charge in [-0.05, 0) is 32.1 Å². The largest absolute Gasteiger partial charge is 0.355 e. The first-order chi connectivity index (χ1) is 9.60. The van der Waals surface area contributed by atoms with Crippen LogP contribution in [-0.4, -0.2) is 35.0 Å². The Bertz CT molecular complexity index is 438. The standard InChI is InChI=1S/C15H24N4O/c1-4-12(3)18-15(20)13-9-17-14(10-16-13)19-7-5-11(2)6-8-19/h9-12H,4-8H2,1-3H3,(H,18,20). The molecule has 0 aromatic carbocycles. The van der Waals surface area contributed by atoms with Crippen molar-refractivity contribution in [1.29, 1.82) is 0 Å². The van der Waals surface area contributed by atoms with Crippen LogP contribution < -0.4 is 10.2 Å². The van der Waals surface area contributed by atoms with Crippen LogP contribution in [0.5, 0.6) is 0 Å². The van der Waals surface area contributed by atoms with Crippen molar-refractivity contribution in [2.75, 3.05) is 18.0 Å². The molecule has 1 atom stereocenters. The number of aromatic nitrogens is 2. The molecule has 5 heteroatoms. The molecule has 0 radical (unpaired) electrons. The minimum absolute atomic E-state index is 0.148. The number of hydrogen-bond donors (Lipinski definition) is 1. The fourth-order valence-electron chi connectivity index (χ4n) is 2.24. The van der Waals surface area contributed by atoms with Gasteiger partial charge in [0.15, 0.2) is 0 Å². The van der Waals surface area contributed by atoms with E-state index >= 15 is 0 Å². The molecule has 5 nitrogen and oxygen atoms in total. The number of nitrogens with one attached hydrogen (secondary N) is 1. The second kappa shape index (κ2) is 6.68. The van der Waals surface area contributed by atoms with E-state index in [2.05, 4.69) is 27.1 Å². The van der Waals surface area contributed by atoms with E-state index < -0.39 is 0 Å². The number of carbonyl (C=O) groups is 1. The van der Waals surface area contributed by atoms with Crippen LogP contribution in [0.4, 0.5) is 5.82 Å². The molecule has 1 saturated heterocycles. The highest BCUT2D eigenvalue weighted by Crippen LogP contribution is 2.20. The third-order valence-electron chi connectivity index (χ3n) is 3.97. The van der Waals surface area contributed by atoms with E-state index in [9.17, 15) is 4.79 Å². The number of carbonyl (C=O) groups excluding carboxylic acids is 1. The van der Waals surface area contributed by atoms with E-state index in [1.54, 1.807) is 12.4 Å². The first kappa shape index (κ1) is 14.8. The Kier molecular flexibility index (Phi) is 4.93. The van der Waals surface area contributed by atoms with E-state index in [0.29, 0.717) is 5.69 Å². The maximum absolute atomic E-state index is 11.9. The molecule has 1 fully saturated rings. The Labute approximate surface area is 120 Å². The summed E-state index contributed by atoms with van der Waals surface area (Å²) in [4.78, 5) is 22.8. The molecule has 1 unspecified atom stereocenters. The highest BCUT2D eigenvalue weighted by molar-refractivity contribution is 5.92. The summed E-state index contributed by atoms with van der Waals surface area (Å²) >= 11 is 0. The van der Waals surface area contributed by atoms with E-state index in [0.717, 1.165) is 31.2 Å². The Morgan fingerprint density at radius 1 is 1.40 bits per heavy atom. The van der Waals surface area contributed by atoms with Crippen LogP contribution in [0.2, 0.25) is 0 Å². The number of hydrogen-bond acceptors (Lipinski definition) is 4. The average Bonchev–Trinajstić information content (AvgIpc) is 2.48. The van der Waals surface area contributed by atoms with Crippen molar-refractivity contribution in [3.05, 3.63) is 18.1 Å². The molecule has 0 bridgehead atoms. The molecule has 2 rings (SSSR count). The molecule has 1 aliphatic rings. The van der Waals surface area contributed by atoms with Gasteiger partial charge in [-0.2, -0.15) is 0 Å². The molecule has 1 amide bonds. The topological polar surface area (TPSA) is 58.1 Å². The molecule has 20 heavy (non-hydrogen) atoms. The second-order valence-electron chi connectivity index (χ2n) is 5.71. The quantitative estimate of drug-likeness (QED) is 0.916. The van der Waals surface area contributed by atoms with Crippen molar-refractivity contribution >= 4 is 11.7 Å². The molecule has 0 saturated carbocycles. The molecular weight excluding hydrogens is 252 g/mol. The SMILES string of the molecule is CCC(C)NC(=O)c1cnc(N2CCC(C)CC2)cn1.